The number of carbonyl (C=O) groups is 1. The lowest BCUT2D eigenvalue weighted by molar-refractivity contribution is -0.274. The molecule has 0 bridgehead atoms. The summed E-state index contributed by atoms with van der Waals surface area (Å²) in [7, 11) is 1.52. The van der Waals surface area contributed by atoms with Crippen LogP contribution >= 0.6 is 0 Å². The number of nitrogens with zero attached hydrogens (tertiary/aromatic N) is 2. The molecule has 0 saturated carbocycles. The second-order valence-electron chi connectivity index (χ2n) is 5.59. The van der Waals surface area contributed by atoms with Gasteiger partial charge in [-0.1, -0.05) is 12.1 Å². The van der Waals surface area contributed by atoms with Crippen LogP contribution in [0.2, 0.25) is 0 Å². The van der Waals surface area contributed by atoms with Crippen LogP contribution in [-0.4, -0.2) is 28.6 Å². The SMILES string of the molecule is COc1ccc2nccn2c1CC(=O)Cc1ccc(OC(F)(F)F)cc1. The maximum atomic E-state index is 12.4. The maximum absolute atomic E-state index is 12.4. The van der Waals surface area contributed by atoms with Gasteiger partial charge >= 0.3 is 6.36 Å². The number of Topliss-reactive ketones (excluding diaryl/α,β-unsaturated/α-hetero) is 1. The lowest BCUT2D eigenvalue weighted by Gasteiger charge is -2.11. The topological polar surface area (TPSA) is 52.8 Å². The molecule has 2 aromatic heterocycles. The van der Waals surface area contributed by atoms with Gasteiger partial charge in [-0.2, -0.15) is 0 Å². The lowest BCUT2D eigenvalue weighted by atomic mass is 10.0. The first kappa shape index (κ1) is 17.8. The number of hydrogen-bond acceptors (Lipinski definition) is 4. The predicted octanol–water partition coefficient (Wildman–Crippen LogP) is 3.60. The van der Waals surface area contributed by atoms with Gasteiger partial charge in [-0.15, -0.1) is 13.2 Å². The summed E-state index contributed by atoms with van der Waals surface area (Å²) in [5.41, 5.74) is 1.97. The van der Waals surface area contributed by atoms with Crippen LogP contribution in [0.1, 0.15) is 11.3 Å². The minimum Gasteiger partial charge on any atom is -0.495 e. The first-order chi connectivity index (χ1) is 12.4. The highest BCUT2D eigenvalue weighted by molar-refractivity contribution is 5.83. The summed E-state index contributed by atoms with van der Waals surface area (Å²) in [6.07, 6.45) is -1.18. The van der Waals surface area contributed by atoms with Crippen LogP contribution in [-0.2, 0) is 17.6 Å². The zero-order chi connectivity index (χ0) is 18.7. The van der Waals surface area contributed by atoms with Crippen molar-refractivity contribution >= 4 is 11.4 Å². The molecule has 136 valence electrons. The van der Waals surface area contributed by atoms with Gasteiger partial charge in [0, 0.05) is 18.8 Å². The molecule has 0 fully saturated rings. The van der Waals surface area contributed by atoms with E-state index in [4.69, 9.17) is 4.74 Å². The normalized spacial score (nSPS) is 11.5. The summed E-state index contributed by atoms with van der Waals surface area (Å²) in [5.74, 6) is 0.144. The smallest absolute Gasteiger partial charge is 0.495 e. The minimum atomic E-state index is -4.74. The second kappa shape index (κ2) is 7.07. The fourth-order valence-electron chi connectivity index (χ4n) is 2.68. The number of methoxy groups -OCH3 is 1. The third-order valence-corrected chi connectivity index (χ3v) is 3.77. The summed E-state index contributed by atoms with van der Waals surface area (Å²) in [5, 5.41) is 0. The van der Waals surface area contributed by atoms with E-state index < -0.39 is 6.36 Å². The van der Waals surface area contributed by atoms with Crippen molar-refractivity contribution in [2.24, 2.45) is 0 Å². The molecule has 8 heteroatoms. The molecule has 0 radical (unpaired) electrons. The zero-order valence-electron chi connectivity index (χ0n) is 13.8. The van der Waals surface area contributed by atoms with E-state index in [0.29, 0.717) is 22.7 Å². The quantitative estimate of drug-likeness (QED) is 0.671. The molecule has 1 aromatic carbocycles. The number of benzene rings is 1. The number of fused-ring (bicyclic) bond motifs is 1. The standard InChI is InChI=1S/C18H15F3N2O3/c1-25-16-6-7-17-22-8-9-23(17)15(16)11-13(24)10-12-2-4-14(5-3-12)26-18(19,20)21/h2-9H,10-11H2,1H3. The van der Waals surface area contributed by atoms with Gasteiger partial charge in [0.1, 0.15) is 22.9 Å². The monoisotopic (exact) mass is 364 g/mol. The minimum absolute atomic E-state index is 0.0839. The Morgan fingerprint density at radius 3 is 2.50 bits per heavy atom. The molecule has 0 atom stereocenters. The lowest BCUT2D eigenvalue weighted by Crippen LogP contribution is -2.17. The molecule has 0 aliphatic carbocycles. The first-order valence-corrected chi connectivity index (χ1v) is 7.71. The van der Waals surface area contributed by atoms with E-state index in [1.807, 2.05) is 0 Å². The number of rotatable bonds is 6. The van der Waals surface area contributed by atoms with Gasteiger partial charge in [0.05, 0.1) is 19.2 Å². The Morgan fingerprint density at radius 2 is 1.85 bits per heavy atom. The number of alkyl halides is 3. The number of carbonyl (C=O) groups excluding carboxylic acids is 1. The Morgan fingerprint density at radius 1 is 1.12 bits per heavy atom. The van der Waals surface area contributed by atoms with Crippen LogP contribution in [0.3, 0.4) is 0 Å². The summed E-state index contributed by atoms with van der Waals surface area (Å²) < 4.78 is 47.4. The molecule has 0 N–H and O–H groups in total. The zero-order valence-corrected chi connectivity index (χ0v) is 13.8. The molecule has 2 heterocycles. The van der Waals surface area contributed by atoms with Crippen molar-refractivity contribution < 1.29 is 27.4 Å². The largest absolute Gasteiger partial charge is 0.573 e. The molecule has 0 amide bonds. The van der Waals surface area contributed by atoms with Crippen molar-refractivity contribution in [3.05, 3.63) is 60.0 Å². The van der Waals surface area contributed by atoms with Gasteiger partial charge in [-0.05, 0) is 29.8 Å². The average Bonchev–Trinajstić information content (AvgIpc) is 3.04. The summed E-state index contributed by atoms with van der Waals surface area (Å²) >= 11 is 0. The Hall–Kier alpha value is -3.03. The van der Waals surface area contributed by atoms with E-state index in [-0.39, 0.29) is 24.4 Å². The van der Waals surface area contributed by atoms with Crippen molar-refractivity contribution in [3.8, 4) is 11.5 Å². The van der Waals surface area contributed by atoms with E-state index in [9.17, 15) is 18.0 Å². The van der Waals surface area contributed by atoms with Crippen LogP contribution < -0.4 is 9.47 Å². The Labute approximate surface area is 147 Å². The van der Waals surface area contributed by atoms with E-state index in [2.05, 4.69) is 9.72 Å². The summed E-state index contributed by atoms with van der Waals surface area (Å²) in [6, 6.07) is 8.78. The molecular formula is C18H15F3N2O3. The predicted molar refractivity (Wildman–Crippen MR) is 87.3 cm³/mol. The molecule has 5 nitrogen and oxygen atoms in total. The highest BCUT2D eigenvalue weighted by Gasteiger charge is 2.30. The number of pyridine rings is 1. The highest BCUT2D eigenvalue weighted by atomic mass is 19.4. The van der Waals surface area contributed by atoms with Crippen LogP contribution in [0.4, 0.5) is 13.2 Å². The number of halogens is 3. The third kappa shape index (κ3) is 4.14. The molecule has 3 aromatic rings. The van der Waals surface area contributed by atoms with Crippen molar-refractivity contribution in [1.82, 2.24) is 9.38 Å². The molecule has 26 heavy (non-hydrogen) atoms. The third-order valence-electron chi connectivity index (χ3n) is 3.77. The van der Waals surface area contributed by atoms with Crippen molar-refractivity contribution in [3.63, 3.8) is 0 Å². The van der Waals surface area contributed by atoms with E-state index in [0.717, 1.165) is 0 Å². The van der Waals surface area contributed by atoms with Gasteiger partial charge in [-0.25, -0.2) is 4.98 Å². The van der Waals surface area contributed by atoms with E-state index in [1.165, 1.54) is 31.4 Å². The fourth-order valence-corrected chi connectivity index (χ4v) is 2.68. The van der Waals surface area contributed by atoms with Crippen LogP contribution in [0.15, 0.2) is 48.8 Å². The molecule has 0 spiro atoms. The Kier molecular flexibility index (Phi) is 4.83. The summed E-state index contributed by atoms with van der Waals surface area (Å²) in [6.45, 7) is 0. The average molecular weight is 364 g/mol. The molecule has 0 aliphatic rings. The molecule has 3 rings (SSSR count). The number of ketones is 1. The molecule has 0 saturated heterocycles. The van der Waals surface area contributed by atoms with E-state index >= 15 is 0 Å². The number of hydrogen-bond donors (Lipinski definition) is 0. The van der Waals surface area contributed by atoms with Gasteiger partial charge in [-0.3, -0.25) is 9.20 Å². The van der Waals surface area contributed by atoms with Gasteiger partial charge < -0.3 is 9.47 Å². The number of ether oxygens (including phenoxy) is 2. The first-order valence-electron chi connectivity index (χ1n) is 7.71. The Bertz CT molecular complexity index is 918. The van der Waals surface area contributed by atoms with Gasteiger partial charge in [0.2, 0.25) is 0 Å². The van der Waals surface area contributed by atoms with Gasteiger partial charge in [0.25, 0.3) is 0 Å². The van der Waals surface area contributed by atoms with Crippen LogP contribution in [0, 0.1) is 0 Å². The molecular weight excluding hydrogens is 349 g/mol. The fraction of sp³-hybridized carbons (Fsp3) is 0.222. The molecule has 0 unspecified atom stereocenters. The van der Waals surface area contributed by atoms with Crippen LogP contribution in [0.5, 0.6) is 11.5 Å². The van der Waals surface area contributed by atoms with E-state index in [1.54, 1.807) is 28.9 Å². The number of imidazole rings is 1. The van der Waals surface area contributed by atoms with Crippen molar-refractivity contribution in [1.29, 1.82) is 0 Å². The second-order valence-corrected chi connectivity index (χ2v) is 5.59. The molecule has 0 aliphatic heterocycles. The highest BCUT2D eigenvalue weighted by Crippen LogP contribution is 2.24. The number of aromatic nitrogens is 2. The Balaban J connectivity index is 1.72. The van der Waals surface area contributed by atoms with Crippen LogP contribution in [0.25, 0.3) is 5.65 Å². The van der Waals surface area contributed by atoms with Gasteiger partial charge in [0.15, 0.2) is 0 Å². The van der Waals surface area contributed by atoms with Crippen molar-refractivity contribution in [2.45, 2.75) is 19.2 Å². The van der Waals surface area contributed by atoms with Crippen molar-refractivity contribution in [2.75, 3.05) is 7.11 Å². The maximum Gasteiger partial charge on any atom is 0.573 e. The summed E-state index contributed by atoms with van der Waals surface area (Å²) in [4.78, 5) is 16.6.